The van der Waals surface area contributed by atoms with Crippen LogP contribution in [0.5, 0.6) is 0 Å². The fourth-order valence-corrected chi connectivity index (χ4v) is 2.01. The Morgan fingerprint density at radius 3 is 2.88 bits per heavy atom. The van der Waals surface area contributed by atoms with Gasteiger partial charge < -0.3 is 0 Å². The summed E-state index contributed by atoms with van der Waals surface area (Å²) in [5, 5.41) is 11.1. The first-order valence-electron chi connectivity index (χ1n) is 5.03. The lowest BCUT2D eigenvalue weighted by atomic mass is 10.1. The van der Waals surface area contributed by atoms with Crippen LogP contribution in [0.1, 0.15) is 5.56 Å². The summed E-state index contributed by atoms with van der Waals surface area (Å²) in [6, 6.07) is 11.7. The van der Waals surface area contributed by atoms with Crippen LogP contribution in [0.2, 0.25) is 5.15 Å². The molecule has 0 unspecified atom stereocenters. The first-order valence-corrected chi connectivity index (χ1v) is 5.41. The van der Waals surface area contributed by atoms with Crippen LogP contribution in [-0.4, -0.2) is 9.97 Å². The smallest absolute Gasteiger partial charge is 0.138 e. The summed E-state index contributed by atoms with van der Waals surface area (Å²) >= 11 is 6.03. The lowest BCUT2D eigenvalue weighted by Crippen LogP contribution is -1.89. The van der Waals surface area contributed by atoms with E-state index in [1.165, 1.54) is 6.20 Å². The van der Waals surface area contributed by atoms with Gasteiger partial charge in [0.2, 0.25) is 0 Å². The molecule has 4 heteroatoms. The molecule has 17 heavy (non-hydrogen) atoms. The molecular formula is C13H6ClN3. The number of pyridine rings is 2. The highest BCUT2D eigenvalue weighted by Crippen LogP contribution is 2.26. The molecule has 2 aromatic heterocycles. The summed E-state index contributed by atoms with van der Waals surface area (Å²) in [6.07, 6.45) is 1.45. The van der Waals surface area contributed by atoms with Gasteiger partial charge in [0.05, 0.1) is 16.6 Å². The topological polar surface area (TPSA) is 49.6 Å². The van der Waals surface area contributed by atoms with Gasteiger partial charge in [-0.1, -0.05) is 29.8 Å². The zero-order valence-electron chi connectivity index (χ0n) is 8.68. The quantitative estimate of drug-likeness (QED) is 0.447. The van der Waals surface area contributed by atoms with E-state index in [1.54, 1.807) is 0 Å². The van der Waals surface area contributed by atoms with E-state index < -0.39 is 0 Å². The van der Waals surface area contributed by atoms with Crippen LogP contribution in [0.15, 0.2) is 36.5 Å². The van der Waals surface area contributed by atoms with Crippen LogP contribution < -0.4 is 0 Å². The molecule has 0 aliphatic rings. The lowest BCUT2D eigenvalue weighted by molar-refractivity contribution is 1.32. The van der Waals surface area contributed by atoms with Crippen LogP contribution >= 0.6 is 11.6 Å². The van der Waals surface area contributed by atoms with Gasteiger partial charge in [-0.3, -0.25) is 0 Å². The Bertz CT molecular complexity index is 775. The first-order chi connectivity index (χ1) is 8.29. The number of nitriles is 1. The van der Waals surface area contributed by atoms with Gasteiger partial charge in [0.1, 0.15) is 11.2 Å². The highest BCUT2D eigenvalue weighted by atomic mass is 35.5. The second kappa shape index (κ2) is 3.69. The SMILES string of the molecule is N#Cc1cnc(Cl)c2cc3ccccc3nc12. The Morgan fingerprint density at radius 2 is 2.06 bits per heavy atom. The van der Waals surface area contributed by atoms with E-state index in [2.05, 4.69) is 16.0 Å². The fraction of sp³-hybridized carbons (Fsp3) is 0. The highest BCUT2D eigenvalue weighted by Gasteiger charge is 2.08. The van der Waals surface area contributed by atoms with E-state index in [9.17, 15) is 0 Å². The van der Waals surface area contributed by atoms with Gasteiger partial charge in [-0.05, 0) is 12.1 Å². The van der Waals surface area contributed by atoms with Crippen molar-refractivity contribution in [3.05, 3.63) is 47.2 Å². The van der Waals surface area contributed by atoms with E-state index in [0.717, 1.165) is 10.9 Å². The third-order valence-corrected chi connectivity index (χ3v) is 2.93. The average molecular weight is 240 g/mol. The predicted octanol–water partition coefficient (Wildman–Crippen LogP) is 3.31. The number of hydrogen-bond acceptors (Lipinski definition) is 3. The van der Waals surface area contributed by atoms with Crippen molar-refractivity contribution in [1.29, 1.82) is 5.26 Å². The summed E-state index contributed by atoms with van der Waals surface area (Å²) in [6.45, 7) is 0. The number of para-hydroxylation sites is 1. The minimum absolute atomic E-state index is 0.372. The van der Waals surface area contributed by atoms with Crippen molar-refractivity contribution in [2.75, 3.05) is 0 Å². The Hall–Kier alpha value is -2.18. The zero-order valence-corrected chi connectivity index (χ0v) is 9.44. The minimum atomic E-state index is 0.372. The minimum Gasteiger partial charge on any atom is -0.246 e. The van der Waals surface area contributed by atoms with E-state index in [1.807, 2.05) is 30.3 Å². The van der Waals surface area contributed by atoms with E-state index >= 15 is 0 Å². The molecule has 3 nitrogen and oxygen atoms in total. The van der Waals surface area contributed by atoms with Crippen molar-refractivity contribution in [2.45, 2.75) is 0 Å². The molecule has 0 atom stereocenters. The van der Waals surface area contributed by atoms with Gasteiger partial charge >= 0.3 is 0 Å². The molecule has 0 bridgehead atoms. The summed E-state index contributed by atoms with van der Waals surface area (Å²) in [5.41, 5.74) is 1.89. The third-order valence-electron chi connectivity index (χ3n) is 2.63. The monoisotopic (exact) mass is 239 g/mol. The molecule has 0 fully saturated rings. The molecule has 80 valence electrons. The number of benzene rings is 1. The van der Waals surface area contributed by atoms with Crippen molar-refractivity contribution >= 4 is 33.4 Å². The molecule has 0 saturated heterocycles. The van der Waals surface area contributed by atoms with E-state index in [-0.39, 0.29) is 0 Å². The number of fused-ring (bicyclic) bond motifs is 2. The standard InChI is InChI=1S/C13H6ClN3/c14-13-10-5-8-3-1-2-4-11(8)17-12(10)9(6-15)7-16-13/h1-5,7H. The molecule has 0 saturated carbocycles. The van der Waals surface area contributed by atoms with E-state index in [0.29, 0.717) is 21.6 Å². The summed E-state index contributed by atoms with van der Waals surface area (Å²) < 4.78 is 0. The molecule has 0 N–H and O–H groups in total. The van der Waals surface area contributed by atoms with Gasteiger partial charge in [0.15, 0.2) is 0 Å². The number of rotatable bonds is 0. The second-order valence-corrected chi connectivity index (χ2v) is 4.01. The summed E-state index contributed by atoms with van der Waals surface area (Å²) in [7, 11) is 0. The molecule has 0 aliphatic carbocycles. The lowest BCUT2D eigenvalue weighted by Gasteiger charge is -2.03. The maximum Gasteiger partial charge on any atom is 0.138 e. The molecular weight excluding hydrogens is 234 g/mol. The second-order valence-electron chi connectivity index (χ2n) is 3.65. The molecule has 1 aromatic carbocycles. The first kappa shape index (κ1) is 10.0. The Morgan fingerprint density at radius 1 is 1.24 bits per heavy atom. The molecule has 0 radical (unpaired) electrons. The fourth-order valence-electron chi connectivity index (χ4n) is 1.81. The number of aromatic nitrogens is 2. The summed E-state index contributed by atoms with van der Waals surface area (Å²) in [4.78, 5) is 8.45. The van der Waals surface area contributed by atoms with E-state index in [4.69, 9.17) is 16.9 Å². The number of halogens is 1. The van der Waals surface area contributed by atoms with Crippen molar-refractivity contribution in [3.63, 3.8) is 0 Å². The Labute approximate surface area is 102 Å². The molecule has 3 aromatic rings. The zero-order chi connectivity index (χ0) is 11.8. The maximum absolute atomic E-state index is 9.03. The van der Waals surface area contributed by atoms with Gasteiger partial charge in [-0.2, -0.15) is 5.26 Å². The number of hydrogen-bond donors (Lipinski definition) is 0. The number of nitrogens with zero attached hydrogens (tertiary/aromatic N) is 3. The Balaban J connectivity index is 2.56. The average Bonchev–Trinajstić information content (AvgIpc) is 2.38. The normalized spacial score (nSPS) is 10.6. The maximum atomic E-state index is 9.03. The molecule has 0 aliphatic heterocycles. The third kappa shape index (κ3) is 1.50. The van der Waals surface area contributed by atoms with Crippen molar-refractivity contribution in [2.24, 2.45) is 0 Å². The van der Waals surface area contributed by atoms with Crippen LogP contribution in [0.3, 0.4) is 0 Å². The van der Waals surface area contributed by atoms with Gasteiger partial charge in [-0.25, -0.2) is 9.97 Å². The molecule has 2 heterocycles. The van der Waals surface area contributed by atoms with Crippen LogP contribution in [-0.2, 0) is 0 Å². The molecule has 0 spiro atoms. The van der Waals surface area contributed by atoms with Gasteiger partial charge in [-0.15, -0.1) is 0 Å². The van der Waals surface area contributed by atoms with Crippen molar-refractivity contribution in [1.82, 2.24) is 9.97 Å². The Kier molecular flexibility index (Phi) is 2.17. The van der Waals surface area contributed by atoms with Crippen LogP contribution in [0, 0.1) is 11.3 Å². The van der Waals surface area contributed by atoms with Gasteiger partial charge in [0, 0.05) is 17.0 Å². The highest BCUT2D eigenvalue weighted by molar-refractivity contribution is 6.34. The van der Waals surface area contributed by atoms with Crippen molar-refractivity contribution < 1.29 is 0 Å². The molecule has 0 amide bonds. The van der Waals surface area contributed by atoms with Crippen LogP contribution in [0.25, 0.3) is 21.8 Å². The largest absolute Gasteiger partial charge is 0.246 e. The van der Waals surface area contributed by atoms with Crippen LogP contribution in [0.4, 0.5) is 0 Å². The predicted molar refractivity (Wildman–Crippen MR) is 66.8 cm³/mol. The van der Waals surface area contributed by atoms with Gasteiger partial charge in [0.25, 0.3) is 0 Å². The molecule has 3 rings (SSSR count). The summed E-state index contributed by atoms with van der Waals surface area (Å²) in [5.74, 6) is 0. The van der Waals surface area contributed by atoms with Crippen molar-refractivity contribution in [3.8, 4) is 6.07 Å².